The van der Waals surface area contributed by atoms with Crippen LogP contribution in [-0.4, -0.2) is 70.3 Å². The summed E-state index contributed by atoms with van der Waals surface area (Å²) in [6.45, 7) is 11.6. The summed E-state index contributed by atoms with van der Waals surface area (Å²) in [6, 6.07) is 5.45. The third kappa shape index (κ3) is 12.4. The number of hydrogen-bond acceptors (Lipinski definition) is 6. The van der Waals surface area contributed by atoms with Gasteiger partial charge in [0.15, 0.2) is 0 Å². The van der Waals surface area contributed by atoms with Crippen molar-refractivity contribution in [1.29, 1.82) is 0 Å². The van der Waals surface area contributed by atoms with E-state index in [2.05, 4.69) is 21.4 Å². The molecule has 212 valence electrons. The number of amides is 5. The molecule has 38 heavy (non-hydrogen) atoms. The molecule has 12 nitrogen and oxygen atoms in total. The van der Waals surface area contributed by atoms with Crippen molar-refractivity contribution in [3.63, 3.8) is 0 Å². The third-order valence-corrected chi connectivity index (χ3v) is 5.01. The van der Waals surface area contributed by atoms with Gasteiger partial charge < -0.3 is 25.8 Å². The number of nitrogens with zero attached hydrogens (tertiary/aromatic N) is 1. The maximum absolute atomic E-state index is 12.9. The standard InChI is InChI=1S/C26H41N5O7/c1-16(2)13-19(29-24(36)31(17(3)4)30-25(37)38-26(5,6)7)22(33)27-15-21(32)28-20(23(34)35)14-18-11-9-8-10-12-18/h8-12,16-17,19-20H,13-15H2,1-7H3,(H,27,33)(H,28,32)(H,29,36)(H,30,37)(H,34,35)/t19-,20-/m0/s1. The summed E-state index contributed by atoms with van der Waals surface area (Å²) in [5.41, 5.74) is 2.34. The Balaban J connectivity index is 2.80. The van der Waals surface area contributed by atoms with Crippen LogP contribution in [-0.2, 0) is 25.5 Å². The molecule has 0 aliphatic carbocycles. The Hall–Kier alpha value is -3.83. The quantitative estimate of drug-likeness (QED) is 0.271. The lowest BCUT2D eigenvalue weighted by Crippen LogP contribution is -2.59. The van der Waals surface area contributed by atoms with Crippen LogP contribution < -0.4 is 21.4 Å². The number of hydrogen-bond donors (Lipinski definition) is 5. The molecular weight excluding hydrogens is 494 g/mol. The summed E-state index contributed by atoms with van der Waals surface area (Å²) in [7, 11) is 0. The van der Waals surface area contributed by atoms with Gasteiger partial charge in [-0.2, -0.15) is 0 Å². The smallest absolute Gasteiger partial charge is 0.426 e. The molecule has 0 unspecified atom stereocenters. The maximum Gasteiger partial charge on any atom is 0.426 e. The van der Waals surface area contributed by atoms with E-state index < -0.39 is 60.2 Å². The molecule has 0 radical (unpaired) electrons. The molecule has 0 saturated heterocycles. The molecule has 1 aromatic rings. The van der Waals surface area contributed by atoms with E-state index in [0.717, 1.165) is 10.6 Å². The fraction of sp³-hybridized carbons (Fsp3) is 0.577. The minimum absolute atomic E-state index is 0.00783. The number of aliphatic carboxylic acids is 1. The summed E-state index contributed by atoms with van der Waals surface area (Å²) in [5, 5.41) is 17.9. The average Bonchev–Trinajstić information content (AvgIpc) is 2.79. The van der Waals surface area contributed by atoms with E-state index in [9.17, 15) is 29.1 Å². The minimum atomic E-state index is -1.20. The van der Waals surface area contributed by atoms with Gasteiger partial charge in [0.2, 0.25) is 11.8 Å². The van der Waals surface area contributed by atoms with Crippen LogP contribution in [0.15, 0.2) is 30.3 Å². The monoisotopic (exact) mass is 535 g/mol. The predicted molar refractivity (Wildman–Crippen MR) is 141 cm³/mol. The van der Waals surface area contributed by atoms with Crippen LogP contribution >= 0.6 is 0 Å². The van der Waals surface area contributed by atoms with Crippen molar-refractivity contribution in [2.24, 2.45) is 5.92 Å². The second-order valence-electron chi connectivity index (χ2n) is 10.6. The highest BCUT2D eigenvalue weighted by molar-refractivity contribution is 5.91. The van der Waals surface area contributed by atoms with Crippen LogP contribution in [0, 0.1) is 5.92 Å². The highest BCUT2D eigenvalue weighted by atomic mass is 16.6. The first kappa shape index (κ1) is 32.2. The van der Waals surface area contributed by atoms with E-state index >= 15 is 0 Å². The first-order valence-electron chi connectivity index (χ1n) is 12.5. The minimum Gasteiger partial charge on any atom is -0.480 e. The number of carboxylic acids is 1. The lowest BCUT2D eigenvalue weighted by atomic mass is 10.0. The van der Waals surface area contributed by atoms with Crippen LogP contribution in [0.4, 0.5) is 9.59 Å². The van der Waals surface area contributed by atoms with E-state index in [1.165, 1.54) is 0 Å². The molecule has 0 saturated carbocycles. The fourth-order valence-electron chi connectivity index (χ4n) is 3.32. The number of carbonyl (C=O) groups excluding carboxylic acids is 4. The molecule has 0 aliphatic rings. The zero-order chi connectivity index (χ0) is 29.0. The van der Waals surface area contributed by atoms with E-state index in [1.807, 2.05) is 13.8 Å². The Kier molecular flexibility index (Phi) is 12.5. The molecule has 0 fully saturated rings. The number of nitrogens with one attached hydrogen (secondary N) is 4. The van der Waals surface area contributed by atoms with Gasteiger partial charge in [-0.1, -0.05) is 44.2 Å². The molecule has 0 aromatic heterocycles. The summed E-state index contributed by atoms with van der Waals surface area (Å²) in [4.78, 5) is 62.0. The second-order valence-corrected chi connectivity index (χ2v) is 10.6. The Morgan fingerprint density at radius 1 is 0.947 bits per heavy atom. The number of urea groups is 1. The molecule has 0 heterocycles. The highest BCUT2D eigenvalue weighted by Gasteiger charge is 2.29. The summed E-state index contributed by atoms with van der Waals surface area (Å²) < 4.78 is 5.20. The molecule has 1 aromatic carbocycles. The number of carboxylic acid groups (broad SMARTS) is 1. The van der Waals surface area contributed by atoms with Crippen LogP contribution in [0.25, 0.3) is 0 Å². The van der Waals surface area contributed by atoms with Gasteiger partial charge in [0.25, 0.3) is 0 Å². The fourth-order valence-corrected chi connectivity index (χ4v) is 3.32. The topological polar surface area (TPSA) is 166 Å². The number of ether oxygens (including phenoxy) is 1. The average molecular weight is 536 g/mol. The zero-order valence-electron chi connectivity index (χ0n) is 23.2. The Labute approximate surface area is 223 Å². The van der Waals surface area contributed by atoms with Crippen LogP contribution in [0.3, 0.4) is 0 Å². The second kappa shape index (κ2) is 14.8. The molecular formula is C26H41N5O7. The van der Waals surface area contributed by atoms with E-state index in [-0.39, 0.29) is 18.8 Å². The molecule has 5 amide bonds. The Morgan fingerprint density at radius 2 is 1.55 bits per heavy atom. The van der Waals surface area contributed by atoms with Crippen molar-refractivity contribution in [3.05, 3.63) is 35.9 Å². The molecule has 2 atom stereocenters. The maximum atomic E-state index is 12.9. The van der Waals surface area contributed by atoms with Crippen LogP contribution in [0.1, 0.15) is 60.5 Å². The lowest BCUT2D eigenvalue weighted by molar-refractivity contribution is -0.141. The van der Waals surface area contributed by atoms with Crippen molar-refractivity contribution in [1.82, 2.24) is 26.4 Å². The SMILES string of the molecule is CC(C)C[C@H](NC(=O)N(NC(=O)OC(C)(C)C)C(C)C)C(=O)NCC(=O)N[C@@H](Cc1ccccc1)C(=O)O. The first-order chi connectivity index (χ1) is 17.6. The van der Waals surface area contributed by atoms with Gasteiger partial charge in [-0.15, -0.1) is 0 Å². The molecule has 0 bridgehead atoms. The number of rotatable bonds is 11. The normalized spacial score (nSPS) is 12.8. The number of carbonyl (C=O) groups is 5. The molecule has 0 aliphatic heterocycles. The van der Waals surface area contributed by atoms with Gasteiger partial charge in [-0.25, -0.2) is 24.8 Å². The van der Waals surface area contributed by atoms with Gasteiger partial charge in [0.05, 0.1) is 6.54 Å². The molecule has 0 spiro atoms. The lowest BCUT2D eigenvalue weighted by Gasteiger charge is -2.30. The number of benzene rings is 1. The van der Waals surface area contributed by atoms with Crippen molar-refractivity contribution < 1.29 is 33.8 Å². The van der Waals surface area contributed by atoms with Crippen LogP contribution in [0.2, 0.25) is 0 Å². The van der Waals surface area contributed by atoms with E-state index in [1.54, 1.807) is 65.0 Å². The number of hydrazine groups is 1. The van der Waals surface area contributed by atoms with Gasteiger partial charge in [-0.3, -0.25) is 9.59 Å². The van der Waals surface area contributed by atoms with Gasteiger partial charge >= 0.3 is 18.1 Å². The predicted octanol–water partition coefficient (Wildman–Crippen LogP) is 2.19. The highest BCUT2D eigenvalue weighted by Crippen LogP contribution is 2.09. The van der Waals surface area contributed by atoms with Gasteiger partial charge in [0, 0.05) is 12.5 Å². The largest absolute Gasteiger partial charge is 0.480 e. The van der Waals surface area contributed by atoms with Crippen molar-refractivity contribution >= 4 is 29.9 Å². The van der Waals surface area contributed by atoms with Gasteiger partial charge in [-0.05, 0) is 52.5 Å². The summed E-state index contributed by atoms with van der Waals surface area (Å²) in [6.07, 6.45) is -0.493. The van der Waals surface area contributed by atoms with Gasteiger partial charge in [0.1, 0.15) is 17.7 Å². The zero-order valence-corrected chi connectivity index (χ0v) is 23.2. The molecule has 5 N–H and O–H groups in total. The Morgan fingerprint density at radius 3 is 2.05 bits per heavy atom. The van der Waals surface area contributed by atoms with E-state index in [0.29, 0.717) is 0 Å². The van der Waals surface area contributed by atoms with Crippen LogP contribution in [0.5, 0.6) is 0 Å². The third-order valence-electron chi connectivity index (χ3n) is 5.01. The summed E-state index contributed by atoms with van der Waals surface area (Å²) >= 11 is 0. The van der Waals surface area contributed by atoms with Crippen molar-refractivity contribution in [2.45, 2.75) is 85.0 Å². The molecule has 1 rings (SSSR count). The molecule has 12 heteroatoms. The Bertz CT molecular complexity index is 960. The summed E-state index contributed by atoms with van der Waals surface area (Å²) in [5.74, 6) is -2.51. The van der Waals surface area contributed by atoms with Crippen molar-refractivity contribution in [3.8, 4) is 0 Å². The van der Waals surface area contributed by atoms with Crippen molar-refractivity contribution in [2.75, 3.05) is 6.54 Å². The van der Waals surface area contributed by atoms with E-state index in [4.69, 9.17) is 4.74 Å². The first-order valence-corrected chi connectivity index (χ1v) is 12.5.